The van der Waals surface area contributed by atoms with E-state index in [0.29, 0.717) is 6.61 Å². The van der Waals surface area contributed by atoms with E-state index < -0.39 is 0 Å². The van der Waals surface area contributed by atoms with Crippen LogP contribution in [-0.4, -0.2) is 11.6 Å². The first-order valence-electron chi connectivity index (χ1n) is 9.46. The van der Waals surface area contributed by atoms with Crippen LogP contribution in [0, 0.1) is 19.7 Å². The summed E-state index contributed by atoms with van der Waals surface area (Å²) in [5.41, 5.74) is 7.29. The number of aryl methyl sites for hydroxylation is 2. The highest BCUT2D eigenvalue weighted by Gasteiger charge is 2.10. The zero-order valence-corrected chi connectivity index (χ0v) is 16.3. The minimum Gasteiger partial charge on any atom is -0.494 e. The molecule has 4 aromatic rings. The highest BCUT2D eigenvalue weighted by atomic mass is 19.1. The molecular formula is C25H22FNO. The number of hydrogen-bond acceptors (Lipinski definition) is 2. The van der Waals surface area contributed by atoms with Crippen LogP contribution in [0.4, 0.5) is 4.39 Å². The summed E-state index contributed by atoms with van der Waals surface area (Å²) in [5.74, 6) is 0.646. The van der Waals surface area contributed by atoms with Crippen LogP contribution in [0.25, 0.3) is 33.3 Å². The van der Waals surface area contributed by atoms with Crippen molar-refractivity contribution in [1.82, 2.24) is 4.98 Å². The molecule has 0 N–H and O–H groups in total. The molecule has 0 aliphatic rings. The van der Waals surface area contributed by atoms with Crippen LogP contribution in [0.1, 0.15) is 18.1 Å². The van der Waals surface area contributed by atoms with Crippen LogP contribution in [0.2, 0.25) is 0 Å². The smallest absolute Gasteiger partial charge is 0.123 e. The maximum atomic E-state index is 13.5. The summed E-state index contributed by atoms with van der Waals surface area (Å²) in [4.78, 5) is 4.76. The Morgan fingerprint density at radius 2 is 1.57 bits per heavy atom. The van der Waals surface area contributed by atoms with Crippen molar-refractivity contribution in [1.29, 1.82) is 0 Å². The first-order chi connectivity index (χ1) is 13.5. The Kier molecular flexibility index (Phi) is 4.82. The highest BCUT2D eigenvalue weighted by molar-refractivity contribution is 5.85. The number of ether oxygens (including phenoxy) is 1. The summed E-state index contributed by atoms with van der Waals surface area (Å²) in [6.07, 6.45) is 0. The van der Waals surface area contributed by atoms with Gasteiger partial charge in [-0.3, -0.25) is 0 Å². The van der Waals surface area contributed by atoms with Gasteiger partial charge in [0.15, 0.2) is 0 Å². The zero-order chi connectivity index (χ0) is 19.7. The molecule has 2 nitrogen and oxygen atoms in total. The Bertz CT molecular complexity index is 1150. The fraction of sp³-hybridized carbons (Fsp3) is 0.160. The van der Waals surface area contributed by atoms with Crippen molar-refractivity contribution in [2.24, 2.45) is 0 Å². The van der Waals surface area contributed by atoms with Crippen molar-refractivity contribution in [3.8, 4) is 28.1 Å². The van der Waals surface area contributed by atoms with Gasteiger partial charge in [-0.15, -0.1) is 0 Å². The van der Waals surface area contributed by atoms with Gasteiger partial charge in [0.25, 0.3) is 0 Å². The van der Waals surface area contributed by atoms with Crippen LogP contribution in [0.5, 0.6) is 5.75 Å². The van der Waals surface area contributed by atoms with Gasteiger partial charge in [-0.05, 0) is 79.4 Å². The van der Waals surface area contributed by atoms with E-state index in [1.165, 1.54) is 6.07 Å². The van der Waals surface area contributed by atoms with Gasteiger partial charge >= 0.3 is 0 Å². The second-order valence-corrected chi connectivity index (χ2v) is 6.97. The van der Waals surface area contributed by atoms with Gasteiger partial charge in [0, 0.05) is 10.9 Å². The molecule has 3 aromatic carbocycles. The van der Waals surface area contributed by atoms with E-state index in [9.17, 15) is 4.39 Å². The number of benzene rings is 3. The number of fused-ring (bicyclic) bond motifs is 1. The van der Waals surface area contributed by atoms with E-state index in [4.69, 9.17) is 9.72 Å². The monoisotopic (exact) mass is 371 g/mol. The number of aromatic nitrogens is 1. The predicted molar refractivity (Wildman–Crippen MR) is 113 cm³/mol. The first-order valence-corrected chi connectivity index (χ1v) is 9.46. The average molecular weight is 371 g/mol. The van der Waals surface area contributed by atoms with Crippen LogP contribution in [0.3, 0.4) is 0 Å². The molecule has 1 heterocycles. The lowest BCUT2D eigenvalue weighted by atomic mass is 9.97. The number of nitrogens with zero attached hydrogens (tertiary/aromatic N) is 1. The summed E-state index contributed by atoms with van der Waals surface area (Å²) < 4.78 is 19.1. The van der Waals surface area contributed by atoms with E-state index in [1.807, 2.05) is 32.0 Å². The van der Waals surface area contributed by atoms with E-state index in [-0.39, 0.29) is 5.82 Å². The molecule has 28 heavy (non-hydrogen) atoms. The minimum atomic E-state index is -0.235. The number of rotatable bonds is 4. The van der Waals surface area contributed by atoms with E-state index in [2.05, 4.69) is 37.3 Å². The third kappa shape index (κ3) is 3.48. The molecule has 0 atom stereocenters. The summed E-state index contributed by atoms with van der Waals surface area (Å²) in [5, 5.41) is 0.854. The highest BCUT2D eigenvalue weighted by Crippen LogP contribution is 2.31. The summed E-state index contributed by atoms with van der Waals surface area (Å²) in [7, 11) is 0. The number of halogens is 1. The second kappa shape index (κ2) is 7.43. The maximum Gasteiger partial charge on any atom is 0.123 e. The number of hydrogen-bond donors (Lipinski definition) is 0. The lowest BCUT2D eigenvalue weighted by molar-refractivity contribution is 0.340. The summed E-state index contributed by atoms with van der Waals surface area (Å²) >= 11 is 0. The molecule has 0 aliphatic heterocycles. The third-order valence-corrected chi connectivity index (χ3v) is 4.98. The molecule has 4 rings (SSSR count). The Labute approximate surface area is 164 Å². The molecule has 0 saturated heterocycles. The van der Waals surface area contributed by atoms with Gasteiger partial charge < -0.3 is 4.74 Å². The van der Waals surface area contributed by atoms with E-state index in [0.717, 1.165) is 50.2 Å². The predicted octanol–water partition coefficient (Wildman–Crippen LogP) is 6.72. The molecule has 0 bridgehead atoms. The van der Waals surface area contributed by atoms with Crippen LogP contribution < -0.4 is 4.74 Å². The molecule has 0 unspecified atom stereocenters. The van der Waals surface area contributed by atoms with E-state index in [1.54, 1.807) is 12.1 Å². The molecule has 140 valence electrons. The van der Waals surface area contributed by atoms with Gasteiger partial charge in [-0.2, -0.15) is 0 Å². The van der Waals surface area contributed by atoms with Crippen molar-refractivity contribution < 1.29 is 9.13 Å². The molecular weight excluding hydrogens is 349 g/mol. The van der Waals surface area contributed by atoms with Gasteiger partial charge in [0.2, 0.25) is 0 Å². The molecule has 0 amide bonds. The SMILES string of the molecule is CCOc1ccc(-c2ccc(-c3cc(C)c4cc(F)ccc4n3)c(C)c2)cc1. The maximum absolute atomic E-state index is 13.5. The van der Waals surface area contributed by atoms with Gasteiger partial charge in [0.05, 0.1) is 17.8 Å². The van der Waals surface area contributed by atoms with Crippen molar-refractivity contribution in [3.63, 3.8) is 0 Å². The average Bonchev–Trinajstić information content (AvgIpc) is 2.69. The topological polar surface area (TPSA) is 22.1 Å². The summed E-state index contributed by atoms with van der Waals surface area (Å²) in [6.45, 7) is 6.74. The quantitative estimate of drug-likeness (QED) is 0.397. The molecule has 3 heteroatoms. The Morgan fingerprint density at radius 3 is 2.29 bits per heavy atom. The van der Waals surface area contributed by atoms with E-state index >= 15 is 0 Å². The second-order valence-electron chi connectivity index (χ2n) is 6.97. The van der Waals surface area contributed by atoms with Gasteiger partial charge in [-0.25, -0.2) is 9.37 Å². The largest absolute Gasteiger partial charge is 0.494 e. The Hall–Kier alpha value is -3.20. The molecule has 0 saturated carbocycles. The van der Waals surface area contributed by atoms with Crippen LogP contribution >= 0.6 is 0 Å². The lowest BCUT2D eigenvalue weighted by Crippen LogP contribution is -1.93. The van der Waals surface area contributed by atoms with Crippen LogP contribution in [0.15, 0.2) is 66.7 Å². The molecule has 0 spiro atoms. The molecule has 0 aliphatic carbocycles. The van der Waals surface area contributed by atoms with Crippen molar-refractivity contribution in [2.45, 2.75) is 20.8 Å². The Morgan fingerprint density at radius 1 is 0.821 bits per heavy atom. The van der Waals surface area contributed by atoms with Crippen molar-refractivity contribution >= 4 is 10.9 Å². The van der Waals surface area contributed by atoms with Crippen LogP contribution in [-0.2, 0) is 0 Å². The van der Waals surface area contributed by atoms with Gasteiger partial charge in [0.1, 0.15) is 11.6 Å². The molecule has 0 radical (unpaired) electrons. The van der Waals surface area contributed by atoms with Gasteiger partial charge in [-0.1, -0.05) is 30.3 Å². The zero-order valence-electron chi connectivity index (χ0n) is 16.3. The van der Waals surface area contributed by atoms with Crippen molar-refractivity contribution in [2.75, 3.05) is 6.61 Å². The minimum absolute atomic E-state index is 0.235. The first kappa shape index (κ1) is 18.2. The summed E-state index contributed by atoms with van der Waals surface area (Å²) in [6, 6.07) is 21.3. The number of pyridine rings is 1. The fourth-order valence-corrected chi connectivity index (χ4v) is 3.55. The Balaban J connectivity index is 1.72. The molecule has 1 aromatic heterocycles. The molecule has 0 fully saturated rings. The van der Waals surface area contributed by atoms with Crippen molar-refractivity contribution in [3.05, 3.63) is 83.7 Å². The third-order valence-electron chi connectivity index (χ3n) is 4.98. The lowest BCUT2D eigenvalue weighted by Gasteiger charge is -2.11. The normalized spacial score (nSPS) is 11.0. The standard InChI is InChI=1S/C25H22FNO/c1-4-28-21-9-5-18(6-10-21)19-7-11-22(16(2)13-19)25-14-17(3)23-15-20(26)8-12-24(23)27-25/h5-15H,4H2,1-3H3. The fourth-order valence-electron chi connectivity index (χ4n) is 3.55.